The molecule has 0 bridgehead atoms. The molecule has 0 aromatic heterocycles. The van der Waals surface area contributed by atoms with Gasteiger partial charge in [-0.25, -0.2) is 0 Å². The molecule has 58 heavy (non-hydrogen) atoms. The molecule has 0 saturated carbocycles. The van der Waals surface area contributed by atoms with Crippen molar-refractivity contribution in [2.75, 3.05) is 0 Å². The maximum Gasteiger partial charge on any atom is 0.0756 e. The van der Waals surface area contributed by atoms with Crippen LogP contribution >= 0.6 is 0 Å². The van der Waals surface area contributed by atoms with E-state index in [1.54, 1.807) is 0 Å². The maximum absolute atomic E-state index is 5.82. The Kier molecular flexibility index (Phi) is 9.89. The van der Waals surface area contributed by atoms with E-state index in [4.69, 9.17) is 4.99 Å². The number of rotatable bonds is 7. The number of nitrogens with zero attached hydrogens (tertiary/aromatic N) is 1. The van der Waals surface area contributed by atoms with E-state index in [1.807, 2.05) is 0 Å². The van der Waals surface area contributed by atoms with Gasteiger partial charge in [-0.1, -0.05) is 177 Å². The van der Waals surface area contributed by atoms with Gasteiger partial charge in [0.15, 0.2) is 0 Å². The van der Waals surface area contributed by atoms with Gasteiger partial charge < -0.3 is 0 Å². The van der Waals surface area contributed by atoms with E-state index in [0.29, 0.717) is 5.92 Å². The molecule has 2 unspecified atom stereocenters. The van der Waals surface area contributed by atoms with E-state index in [9.17, 15) is 0 Å². The highest BCUT2D eigenvalue weighted by Gasteiger charge is 2.26. The first kappa shape index (κ1) is 36.1. The Bertz CT molecular complexity index is 2810. The van der Waals surface area contributed by atoms with Gasteiger partial charge in [-0.15, -0.1) is 0 Å². The van der Waals surface area contributed by atoms with E-state index in [-0.39, 0.29) is 6.04 Å². The van der Waals surface area contributed by atoms with Crippen LogP contribution in [0.3, 0.4) is 0 Å². The third-order valence-electron chi connectivity index (χ3n) is 12.8. The number of aryl methyl sites for hydroxylation is 1. The lowest BCUT2D eigenvalue weighted by atomic mass is 9.82. The summed E-state index contributed by atoms with van der Waals surface area (Å²) in [6, 6.07) is 68.0. The number of benzene rings is 8. The van der Waals surface area contributed by atoms with Crippen molar-refractivity contribution in [2.24, 2.45) is 4.99 Å². The molecule has 0 saturated heterocycles. The number of fused-ring (bicyclic) bond motifs is 6. The summed E-state index contributed by atoms with van der Waals surface area (Å²) in [7, 11) is 0. The molecule has 1 nitrogen and oxygen atoms in total. The van der Waals surface area contributed by atoms with Crippen LogP contribution in [0, 0.1) is 0 Å². The van der Waals surface area contributed by atoms with Crippen molar-refractivity contribution < 1.29 is 0 Å². The molecule has 8 aromatic rings. The molecule has 1 heteroatoms. The van der Waals surface area contributed by atoms with Gasteiger partial charge in [0, 0.05) is 5.56 Å². The molecule has 10 rings (SSSR count). The Morgan fingerprint density at radius 3 is 1.98 bits per heavy atom. The lowest BCUT2D eigenvalue weighted by Gasteiger charge is -2.26. The van der Waals surface area contributed by atoms with Crippen LogP contribution in [0.1, 0.15) is 84.4 Å². The molecule has 1 aliphatic carbocycles. The van der Waals surface area contributed by atoms with Crippen LogP contribution in [0.25, 0.3) is 49.4 Å². The second kappa shape index (κ2) is 15.9. The Labute approximate surface area is 343 Å². The fourth-order valence-electron chi connectivity index (χ4n) is 9.94. The average molecular weight is 748 g/mol. The molecule has 0 N–H and O–H groups in total. The first-order valence-corrected chi connectivity index (χ1v) is 21.3. The maximum atomic E-state index is 5.82. The topological polar surface area (TPSA) is 12.4 Å². The lowest BCUT2D eigenvalue weighted by Crippen LogP contribution is -2.14. The van der Waals surface area contributed by atoms with Gasteiger partial charge in [-0.05, 0) is 146 Å². The minimum atomic E-state index is 0.0995. The molecule has 0 spiro atoms. The summed E-state index contributed by atoms with van der Waals surface area (Å²) < 4.78 is 0. The lowest BCUT2D eigenvalue weighted by molar-refractivity contribution is 0.618. The van der Waals surface area contributed by atoms with Crippen LogP contribution in [0.5, 0.6) is 0 Å². The summed E-state index contributed by atoms with van der Waals surface area (Å²) >= 11 is 0. The fraction of sp³-hybridized carbons (Fsp3) is 0.175. The highest BCUT2D eigenvalue weighted by atomic mass is 14.8. The van der Waals surface area contributed by atoms with Crippen LogP contribution in [0.15, 0.2) is 193 Å². The zero-order valence-electron chi connectivity index (χ0n) is 33.4. The zero-order chi connectivity index (χ0) is 38.8. The van der Waals surface area contributed by atoms with Gasteiger partial charge in [-0.3, -0.25) is 4.99 Å². The van der Waals surface area contributed by atoms with Crippen molar-refractivity contribution in [3.05, 3.63) is 221 Å². The molecule has 2 aliphatic rings. The van der Waals surface area contributed by atoms with E-state index < -0.39 is 0 Å². The van der Waals surface area contributed by atoms with Crippen LogP contribution in [0.4, 0.5) is 0 Å². The van der Waals surface area contributed by atoms with Crippen molar-refractivity contribution in [3.8, 4) is 22.3 Å². The van der Waals surface area contributed by atoms with Crippen molar-refractivity contribution in [2.45, 2.75) is 63.8 Å². The fourth-order valence-corrected chi connectivity index (χ4v) is 9.94. The summed E-state index contributed by atoms with van der Waals surface area (Å²) in [5, 5.41) is 5.17. The third kappa shape index (κ3) is 6.90. The summed E-state index contributed by atoms with van der Waals surface area (Å²) in [5.41, 5.74) is 17.4. The van der Waals surface area contributed by atoms with E-state index >= 15 is 0 Å². The van der Waals surface area contributed by atoms with Crippen molar-refractivity contribution in [1.29, 1.82) is 0 Å². The largest absolute Gasteiger partial charge is 0.276 e. The van der Waals surface area contributed by atoms with E-state index in [2.05, 4.69) is 189 Å². The first-order chi connectivity index (χ1) is 28.7. The van der Waals surface area contributed by atoms with E-state index in [0.717, 1.165) is 50.7 Å². The molecule has 1 heterocycles. The Balaban J connectivity index is 1.08. The first-order valence-electron chi connectivity index (χ1n) is 21.3. The molecule has 8 aromatic carbocycles. The molecule has 0 fully saturated rings. The average Bonchev–Trinajstić information content (AvgIpc) is 3.44. The number of hydrogen-bond donors (Lipinski definition) is 0. The number of hydrogen-bond acceptors (Lipinski definition) is 1. The zero-order valence-corrected chi connectivity index (χ0v) is 33.4. The predicted octanol–water partition coefficient (Wildman–Crippen LogP) is 15.2. The van der Waals surface area contributed by atoms with Crippen LogP contribution in [-0.2, 0) is 12.8 Å². The summed E-state index contributed by atoms with van der Waals surface area (Å²) in [5.74, 6) is 0.432. The summed E-state index contributed by atoms with van der Waals surface area (Å²) in [4.78, 5) is 5.82. The van der Waals surface area contributed by atoms with Gasteiger partial charge in [-0.2, -0.15) is 0 Å². The van der Waals surface area contributed by atoms with Gasteiger partial charge in [0.1, 0.15) is 0 Å². The Hall–Kier alpha value is -6.31. The Morgan fingerprint density at radius 2 is 1.21 bits per heavy atom. The standard InChI is InChI=1S/C57H49N/c1-2-48-49(40-16-5-3-6-17-40)26-15-27-55(44-20-7-4-8-21-44)58-57(48)54-38-46-23-10-9-22-45(46)37-53(54)43-30-28-39(29-31-43)36-47-33-32-41-18-11-13-24-50(41)56-51-25-14-12-19-42(51)34-35-52(47)56/h3-14,16-25,28-31,34-35,37-38,47,55H,2,15,26-27,32-33,36H2,1H3. The van der Waals surface area contributed by atoms with Crippen molar-refractivity contribution in [1.82, 2.24) is 0 Å². The second-order valence-corrected chi connectivity index (χ2v) is 16.3. The summed E-state index contributed by atoms with van der Waals surface area (Å²) in [6.45, 7) is 2.31. The van der Waals surface area contributed by atoms with Crippen LogP contribution < -0.4 is 0 Å². The summed E-state index contributed by atoms with van der Waals surface area (Å²) in [6.07, 6.45) is 7.31. The highest BCUT2D eigenvalue weighted by Crippen LogP contribution is 2.44. The highest BCUT2D eigenvalue weighted by molar-refractivity contribution is 6.21. The van der Waals surface area contributed by atoms with Crippen LogP contribution in [0.2, 0.25) is 0 Å². The van der Waals surface area contributed by atoms with Gasteiger partial charge >= 0.3 is 0 Å². The minimum absolute atomic E-state index is 0.0995. The Morgan fingerprint density at radius 1 is 0.534 bits per heavy atom. The normalized spacial score (nSPS) is 16.9. The minimum Gasteiger partial charge on any atom is -0.276 e. The third-order valence-corrected chi connectivity index (χ3v) is 12.8. The number of aliphatic imine (C=N–C) groups is 1. The van der Waals surface area contributed by atoms with Gasteiger partial charge in [0.2, 0.25) is 0 Å². The molecular formula is C57H49N. The van der Waals surface area contributed by atoms with Gasteiger partial charge in [0.25, 0.3) is 0 Å². The molecular weight excluding hydrogens is 699 g/mol. The molecule has 1 aliphatic heterocycles. The number of allylic oxidation sites excluding steroid dienone is 2. The molecule has 0 radical (unpaired) electrons. The smallest absolute Gasteiger partial charge is 0.0756 e. The van der Waals surface area contributed by atoms with Crippen LogP contribution in [-0.4, -0.2) is 5.71 Å². The van der Waals surface area contributed by atoms with Gasteiger partial charge in [0.05, 0.1) is 11.8 Å². The monoisotopic (exact) mass is 747 g/mol. The second-order valence-electron chi connectivity index (χ2n) is 16.3. The molecule has 0 amide bonds. The molecule has 2 atom stereocenters. The SMILES string of the molecule is CCC1=C(c2ccccc2)CCCC(c2ccccc2)N=C1c1cc2ccccc2cc1-c1ccc(CC2CCc3ccccc3-c3c2ccc2ccccc32)cc1. The van der Waals surface area contributed by atoms with E-state index in [1.165, 1.54) is 88.3 Å². The quantitative estimate of drug-likeness (QED) is 0.154. The van der Waals surface area contributed by atoms with Crippen molar-refractivity contribution >= 4 is 32.8 Å². The molecule has 282 valence electrons. The predicted molar refractivity (Wildman–Crippen MR) is 247 cm³/mol. The van der Waals surface area contributed by atoms with Crippen molar-refractivity contribution in [3.63, 3.8) is 0 Å².